The Labute approximate surface area is 122 Å². The lowest BCUT2D eigenvalue weighted by molar-refractivity contribution is -0.383. The minimum Gasteiger partial charge on any atom is -0.386 e. The van der Waals surface area contributed by atoms with E-state index in [0.717, 1.165) is 23.9 Å². The van der Waals surface area contributed by atoms with Crippen LogP contribution in [0.2, 0.25) is 0 Å². The van der Waals surface area contributed by atoms with Crippen molar-refractivity contribution in [1.82, 2.24) is 4.98 Å². The van der Waals surface area contributed by atoms with E-state index in [2.05, 4.69) is 4.98 Å². The highest BCUT2D eigenvalue weighted by Crippen LogP contribution is 2.38. The van der Waals surface area contributed by atoms with Gasteiger partial charge in [0.15, 0.2) is 0 Å². The largest absolute Gasteiger partial charge is 0.386 e. The van der Waals surface area contributed by atoms with Crippen LogP contribution in [-0.4, -0.2) is 33.7 Å². The predicted octanol–water partition coefficient (Wildman–Crippen LogP) is 2.49. The van der Waals surface area contributed by atoms with Gasteiger partial charge in [-0.15, -0.1) is 0 Å². The van der Waals surface area contributed by atoms with E-state index in [1.54, 1.807) is 24.5 Å². The summed E-state index contributed by atoms with van der Waals surface area (Å²) in [5.41, 5.74) is 0.343. The van der Waals surface area contributed by atoms with Gasteiger partial charge in [-0.05, 0) is 18.6 Å². The second kappa shape index (κ2) is 4.96. The second-order valence-electron chi connectivity index (χ2n) is 5.61. The van der Waals surface area contributed by atoms with E-state index in [1.165, 1.54) is 6.07 Å². The van der Waals surface area contributed by atoms with Crippen LogP contribution >= 0.6 is 0 Å². The number of nitro groups is 1. The Bertz CT molecular complexity index is 696. The van der Waals surface area contributed by atoms with Crippen molar-refractivity contribution in [2.24, 2.45) is 0 Å². The third-order valence-electron chi connectivity index (χ3n) is 4.00. The number of pyridine rings is 1. The van der Waals surface area contributed by atoms with Crippen LogP contribution < -0.4 is 4.90 Å². The molecule has 2 heterocycles. The van der Waals surface area contributed by atoms with Crippen LogP contribution in [0.25, 0.3) is 10.8 Å². The molecule has 0 spiro atoms. The van der Waals surface area contributed by atoms with Crippen molar-refractivity contribution < 1.29 is 10.0 Å². The molecular weight excluding hydrogens is 270 g/mol. The zero-order chi connectivity index (χ0) is 15.0. The lowest BCUT2D eigenvalue weighted by atomic mass is 9.88. The van der Waals surface area contributed by atoms with Gasteiger partial charge in [-0.2, -0.15) is 0 Å². The van der Waals surface area contributed by atoms with Crippen LogP contribution in [0.5, 0.6) is 0 Å². The second-order valence-corrected chi connectivity index (χ2v) is 5.61. The zero-order valence-electron chi connectivity index (χ0n) is 11.8. The molecule has 1 aromatic carbocycles. The minimum atomic E-state index is -0.634. The Morgan fingerprint density at radius 1 is 1.38 bits per heavy atom. The number of aromatic nitrogens is 1. The molecule has 6 nitrogen and oxygen atoms in total. The first-order chi connectivity index (χ1) is 10.0. The normalized spacial score (nSPS) is 16.8. The van der Waals surface area contributed by atoms with Crippen molar-refractivity contribution in [3.05, 3.63) is 40.7 Å². The maximum Gasteiger partial charge on any atom is 0.277 e. The molecule has 0 aliphatic carbocycles. The quantitative estimate of drug-likeness (QED) is 0.690. The molecule has 1 saturated heterocycles. The number of non-ortho nitro benzene ring substituents is 1. The number of fused-ring (bicyclic) bond motifs is 1. The smallest absolute Gasteiger partial charge is 0.277 e. The van der Waals surface area contributed by atoms with E-state index in [4.69, 9.17) is 0 Å². The van der Waals surface area contributed by atoms with E-state index in [9.17, 15) is 15.2 Å². The molecule has 0 bridgehead atoms. The Kier molecular flexibility index (Phi) is 3.25. The van der Waals surface area contributed by atoms with Gasteiger partial charge in [-0.25, -0.2) is 0 Å². The first-order valence-corrected chi connectivity index (χ1v) is 7.02. The van der Waals surface area contributed by atoms with E-state index in [0.29, 0.717) is 18.5 Å². The predicted molar refractivity (Wildman–Crippen MR) is 80.5 cm³/mol. The van der Waals surface area contributed by atoms with E-state index < -0.39 is 5.60 Å². The van der Waals surface area contributed by atoms with Gasteiger partial charge in [-0.3, -0.25) is 15.1 Å². The number of hydrogen-bond donors (Lipinski definition) is 1. The standard InChI is InChI=1S/C15H17N3O3/c1-2-6-15(19)9-17(10-15)13-3-4-14(18(20)21)11-5-7-16-8-12(11)13/h3-5,7-8,19H,2,6,9-10H2,1H3. The fourth-order valence-electron chi connectivity index (χ4n) is 3.05. The lowest BCUT2D eigenvalue weighted by Crippen LogP contribution is -2.62. The Hall–Kier alpha value is -2.21. The van der Waals surface area contributed by atoms with Gasteiger partial charge in [0.25, 0.3) is 5.69 Å². The Balaban J connectivity index is 1.99. The van der Waals surface area contributed by atoms with Crippen molar-refractivity contribution in [2.45, 2.75) is 25.4 Å². The summed E-state index contributed by atoms with van der Waals surface area (Å²) in [6.07, 6.45) is 4.91. The third kappa shape index (κ3) is 2.31. The van der Waals surface area contributed by atoms with E-state index in [-0.39, 0.29) is 10.6 Å². The molecule has 2 aromatic rings. The summed E-state index contributed by atoms with van der Waals surface area (Å²) in [5, 5.41) is 22.7. The zero-order valence-corrected chi connectivity index (χ0v) is 11.8. The molecule has 0 atom stereocenters. The summed E-state index contributed by atoms with van der Waals surface area (Å²) in [5.74, 6) is 0. The van der Waals surface area contributed by atoms with Crippen LogP contribution in [-0.2, 0) is 0 Å². The molecule has 1 aromatic heterocycles. The molecule has 3 rings (SSSR count). The molecule has 0 radical (unpaired) electrons. The summed E-state index contributed by atoms with van der Waals surface area (Å²) in [6, 6.07) is 4.93. The van der Waals surface area contributed by atoms with Gasteiger partial charge in [0.1, 0.15) is 0 Å². The van der Waals surface area contributed by atoms with Gasteiger partial charge in [0.2, 0.25) is 0 Å². The van der Waals surface area contributed by atoms with Crippen LogP contribution in [0.3, 0.4) is 0 Å². The van der Waals surface area contributed by atoms with Crippen molar-refractivity contribution in [3.63, 3.8) is 0 Å². The maximum absolute atomic E-state index is 11.1. The fraction of sp³-hybridized carbons (Fsp3) is 0.400. The molecule has 0 unspecified atom stereocenters. The van der Waals surface area contributed by atoms with Crippen molar-refractivity contribution in [1.29, 1.82) is 0 Å². The highest BCUT2D eigenvalue weighted by molar-refractivity contribution is 5.99. The summed E-state index contributed by atoms with van der Waals surface area (Å²) >= 11 is 0. The van der Waals surface area contributed by atoms with Gasteiger partial charge >= 0.3 is 0 Å². The SMILES string of the molecule is CCCC1(O)CN(c2ccc([N+](=O)[O-])c3ccncc23)C1. The molecule has 1 N–H and O–H groups in total. The number of anilines is 1. The number of rotatable bonds is 4. The van der Waals surface area contributed by atoms with Crippen molar-refractivity contribution in [2.75, 3.05) is 18.0 Å². The highest BCUT2D eigenvalue weighted by Gasteiger charge is 2.41. The summed E-state index contributed by atoms with van der Waals surface area (Å²) in [4.78, 5) is 16.8. The number of nitro benzene ring substituents is 1. The molecule has 1 aliphatic heterocycles. The number of aliphatic hydroxyl groups is 1. The molecule has 110 valence electrons. The van der Waals surface area contributed by atoms with Crippen LogP contribution in [0, 0.1) is 10.1 Å². The van der Waals surface area contributed by atoms with Crippen LogP contribution in [0.15, 0.2) is 30.6 Å². The molecule has 1 fully saturated rings. The number of nitrogens with zero attached hydrogens (tertiary/aromatic N) is 3. The van der Waals surface area contributed by atoms with Crippen LogP contribution in [0.1, 0.15) is 19.8 Å². The third-order valence-corrected chi connectivity index (χ3v) is 4.00. The van der Waals surface area contributed by atoms with Gasteiger partial charge < -0.3 is 10.0 Å². The van der Waals surface area contributed by atoms with Crippen LogP contribution in [0.4, 0.5) is 11.4 Å². The topological polar surface area (TPSA) is 79.5 Å². The minimum absolute atomic E-state index is 0.0838. The first-order valence-electron chi connectivity index (χ1n) is 7.02. The number of β-amino-alcohol motifs (C(OH)–C–C–N with tert-alkyl or cyclic N) is 1. The van der Waals surface area contributed by atoms with E-state index >= 15 is 0 Å². The Morgan fingerprint density at radius 3 is 2.81 bits per heavy atom. The Morgan fingerprint density at radius 2 is 2.14 bits per heavy atom. The van der Waals surface area contributed by atoms with Gasteiger partial charge in [0, 0.05) is 42.6 Å². The summed E-state index contributed by atoms with van der Waals surface area (Å²) in [7, 11) is 0. The molecule has 1 aliphatic rings. The van der Waals surface area contributed by atoms with E-state index in [1.807, 2.05) is 11.8 Å². The molecule has 21 heavy (non-hydrogen) atoms. The average molecular weight is 287 g/mol. The van der Waals surface area contributed by atoms with Crippen molar-refractivity contribution in [3.8, 4) is 0 Å². The summed E-state index contributed by atoms with van der Waals surface area (Å²) < 4.78 is 0. The molecule has 6 heteroatoms. The van der Waals surface area contributed by atoms with Crippen molar-refractivity contribution >= 4 is 22.1 Å². The van der Waals surface area contributed by atoms with Gasteiger partial charge in [-0.1, -0.05) is 13.3 Å². The highest BCUT2D eigenvalue weighted by atomic mass is 16.6. The fourth-order valence-corrected chi connectivity index (χ4v) is 3.05. The first kappa shape index (κ1) is 13.8. The average Bonchev–Trinajstić information content (AvgIpc) is 2.43. The molecular formula is C15H17N3O3. The maximum atomic E-state index is 11.1. The van der Waals surface area contributed by atoms with Gasteiger partial charge in [0.05, 0.1) is 15.9 Å². The molecule has 0 amide bonds. The summed E-state index contributed by atoms with van der Waals surface area (Å²) in [6.45, 7) is 3.16. The monoisotopic (exact) mass is 287 g/mol. The lowest BCUT2D eigenvalue weighted by Gasteiger charge is -2.48. The number of benzene rings is 1. The molecule has 0 saturated carbocycles. The number of hydrogen-bond acceptors (Lipinski definition) is 5.